The van der Waals surface area contributed by atoms with Gasteiger partial charge >= 0.3 is 0 Å². The number of nitrogen functional groups attached to an aromatic ring is 1. The summed E-state index contributed by atoms with van der Waals surface area (Å²) in [5.74, 6) is 1.49. The van der Waals surface area contributed by atoms with Crippen LogP contribution in [0.2, 0.25) is 0 Å². The standard InChI is InChI=1S/C15H16N4/c1-3-9-19-13(4-2)18-14(15(19)17)12-8-6-5-7-11(12)10-16/h3,5-8H,1,4,9,17H2,2H3. The Labute approximate surface area is 112 Å². The van der Waals surface area contributed by atoms with Gasteiger partial charge in [-0.25, -0.2) is 4.98 Å². The number of anilines is 1. The Hall–Kier alpha value is -2.54. The maximum absolute atomic E-state index is 9.17. The summed E-state index contributed by atoms with van der Waals surface area (Å²) >= 11 is 0. The number of imidazole rings is 1. The Morgan fingerprint density at radius 3 is 2.84 bits per heavy atom. The minimum atomic E-state index is 0.583. The van der Waals surface area contributed by atoms with E-state index in [1.165, 1.54) is 0 Å². The van der Waals surface area contributed by atoms with Crippen molar-refractivity contribution in [2.24, 2.45) is 0 Å². The number of rotatable bonds is 4. The van der Waals surface area contributed by atoms with Crippen LogP contribution < -0.4 is 5.73 Å². The summed E-state index contributed by atoms with van der Waals surface area (Å²) in [5, 5.41) is 9.17. The fraction of sp³-hybridized carbons (Fsp3) is 0.200. The first kappa shape index (κ1) is 12.9. The predicted octanol–water partition coefficient (Wildman–Crippen LogP) is 2.75. The van der Waals surface area contributed by atoms with Crippen LogP contribution >= 0.6 is 0 Å². The van der Waals surface area contributed by atoms with E-state index in [1.54, 1.807) is 12.1 Å². The Morgan fingerprint density at radius 1 is 1.47 bits per heavy atom. The molecule has 19 heavy (non-hydrogen) atoms. The Kier molecular flexibility index (Phi) is 3.67. The van der Waals surface area contributed by atoms with Crippen molar-refractivity contribution in [3.8, 4) is 17.3 Å². The second-order valence-electron chi connectivity index (χ2n) is 4.17. The van der Waals surface area contributed by atoms with Gasteiger partial charge in [0.2, 0.25) is 0 Å². The lowest BCUT2D eigenvalue weighted by atomic mass is 10.1. The number of nitriles is 1. The van der Waals surface area contributed by atoms with Gasteiger partial charge in [-0.2, -0.15) is 5.26 Å². The third-order valence-corrected chi connectivity index (χ3v) is 3.02. The van der Waals surface area contributed by atoms with Crippen molar-refractivity contribution in [2.45, 2.75) is 19.9 Å². The molecule has 0 aliphatic heterocycles. The molecule has 0 bridgehead atoms. The van der Waals surface area contributed by atoms with Crippen LogP contribution in [0.25, 0.3) is 11.3 Å². The van der Waals surface area contributed by atoms with Crippen LogP contribution in [0.3, 0.4) is 0 Å². The minimum Gasteiger partial charge on any atom is -0.383 e. The van der Waals surface area contributed by atoms with Crippen molar-refractivity contribution in [1.29, 1.82) is 5.26 Å². The van der Waals surface area contributed by atoms with Gasteiger partial charge in [-0.05, 0) is 6.07 Å². The van der Waals surface area contributed by atoms with Crippen LogP contribution in [0.1, 0.15) is 18.3 Å². The molecule has 0 aliphatic rings. The number of hydrogen-bond acceptors (Lipinski definition) is 3. The van der Waals surface area contributed by atoms with Gasteiger partial charge in [-0.15, -0.1) is 6.58 Å². The van der Waals surface area contributed by atoms with Crippen LogP contribution in [0, 0.1) is 11.3 Å². The van der Waals surface area contributed by atoms with E-state index in [1.807, 2.05) is 29.7 Å². The quantitative estimate of drug-likeness (QED) is 0.851. The monoisotopic (exact) mass is 252 g/mol. The van der Waals surface area contributed by atoms with Crippen molar-refractivity contribution in [2.75, 3.05) is 5.73 Å². The molecule has 1 heterocycles. The van der Waals surface area contributed by atoms with Crippen molar-refractivity contribution in [3.63, 3.8) is 0 Å². The number of allylic oxidation sites excluding steroid dienone is 1. The Morgan fingerprint density at radius 2 is 2.21 bits per heavy atom. The van der Waals surface area contributed by atoms with E-state index in [2.05, 4.69) is 17.6 Å². The zero-order valence-electron chi connectivity index (χ0n) is 10.9. The molecule has 4 nitrogen and oxygen atoms in total. The number of nitrogens with zero attached hydrogens (tertiary/aromatic N) is 3. The summed E-state index contributed by atoms with van der Waals surface area (Å²) in [6, 6.07) is 9.53. The number of aryl methyl sites for hydroxylation is 1. The van der Waals surface area contributed by atoms with Gasteiger partial charge in [0.05, 0.1) is 11.6 Å². The molecule has 0 fully saturated rings. The molecule has 0 atom stereocenters. The fourth-order valence-corrected chi connectivity index (χ4v) is 2.10. The number of hydrogen-bond donors (Lipinski definition) is 1. The molecular formula is C15H16N4. The van der Waals surface area contributed by atoms with E-state index in [0.717, 1.165) is 17.8 Å². The summed E-state index contributed by atoms with van der Waals surface area (Å²) in [4.78, 5) is 4.56. The largest absolute Gasteiger partial charge is 0.383 e. The average molecular weight is 252 g/mol. The first-order valence-electron chi connectivity index (χ1n) is 6.18. The van der Waals surface area contributed by atoms with E-state index < -0.39 is 0 Å². The van der Waals surface area contributed by atoms with Crippen LogP contribution in [0.15, 0.2) is 36.9 Å². The van der Waals surface area contributed by atoms with Crippen LogP contribution in [-0.4, -0.2) is 9.55 Å². The normalized spacial score (nSPS) is 10.1. The topological polar surface area (TPSA) is 67.6 Å². The van der Waals surface area contributed by atoms with Crippen molar-refractivity contribution < 1.29 is 0 Å². The lowest BCUT2D eigenvalue weighted by molar-refractivity contribution is 0.757. The first-order chi connectivity index (χ1) is 9.22. The zero-order chi connectivity index (χ0) is 13.8. The smallest absolute Gasteiger partial charge is 0.132 e. The summed E-state index contributed by atoms with van der Waals surface area (Å²) in [7, 11) is 0. The van der Waals surface area contributed by atoms with Gasteiger partial charge in [-0.1, -0.05) is 31.2 Å². The van der Waals surface area contributed by atoms with E-state index in [9.17, 15) is 0 Å². The molecule has 96 valence electrons. The molecule has 0 radical (unpaired) electrons. The molecule has 0 amide bonds. The third kappa shape index (κ3) is 2.23. The molecule has 2 aromatic rings. The fourth-order valence-electron chi connectivity index (χ4n) is 2.10. The molecule has 1 aromatic heterocycles. The SMILES string of the molecule is C=CCn1c(CC)nc(-c2ccccc2C#N)c1N. The van der Waals surface area contributed by atoms with Crippen LogP contribution in [0.5, 0.6) is 0 Å². The summed E-state index contributed by atoms with van der Waals surface area (Å²) in [6.45, 7) is 6.38. The highest BCUT2D eigenvalue weighted by Crippen LogP contribution is 2.29. The van der Waals surface area contributed by atoms with Crippen molar-refractivity contribution in [1.82, 2.24) is 9.55 Å². The number of benzene rings is 1. The lowest BCUT2D eigenvalue weighted by Gasteiger charge is -2.05. The molecule has 4 heteroatoms. The zero-order valence-corrected chi connectivity index (χ0v) is 10.9. The van der Waals surface area contributed by atoms with Gasteiger partial charge in [0.15, 0.2) is 0 Å². The molecule has 0 unspecified atom stereocenters. The molecule has 0 spiro atoms. The first-order valence-corrected chi connectivity index (χ1v) is 6.18. The van der Waals surface area contributed by atoms with Gasteiger partial charge in [0.25, 0.3) is 0 Å². The minimum absolute atomic E-state index is 0.583. The van der Waals surface area contributed by atoms with Crippen LogP contribution in [0.4, 0.5) is 5.82 Å². The molecule has 1 aromatic carbocycles. The Balaban J connectivity index is 2.63. The Bertz CT molecular complexity index is 647. The van der Waals surface area contributed by atoms with Crippen LogP contribution in [-0.2, 0) is 13.0 Å². The highest BCUT2D eigenvalue weighted by atomic mass is 15.1. The molecule has 2 rings (SSSR count). The maximum Gasteiger partial charge on any atom is 0.132 e. The molecular weight excluding hydrogens is 236 g/mol. The third-order valence-electron chi connectivity index (χ3n) is 3.02. The van der Waals surface area contributed by atoms with Gasteiger partial charge < -0.3 is 10.3 Å². The van der Waals surface area contributed by atoms with Gasteiger partial charge in [-0.3, -0.25) is 0 Å². The molecule has 0 saturated heterocycles. The van der Waals surface area contributed by atoms with E-state index in [0.29, 0.717) is 23.6 Å². The molecule has 0 aliphatic carbocycles. The average Bonchev–Trinajstić information content (AvgIpc) is 2.76. The summed E-state index contributed by atoms with van der Waals surface area (Å²) in [6.07, 6.45) is 2.57. The number of aromatic nitrogens is 2. The second-order valence-corrected chi connectivity index (χ2v) is 4.17. The number of nitrogens with two attached hydrogens (primary N) is 1. The predicted molar refractivity (Wildman–Crippen MR) is 76.4 cm³/mol. The van der Waals surface area contributed by atoms with Gasteiger partial charge in [0.1, 0.15) is 17.3 Å². The van der Waals surface area contributed by atoms with Gasteiger partial charge in [0, 0.05) is 18.5 Å². The lowest BCUT2D eigenvalue weighted by Crippen LogP contribution is -2.05. The van der Waals surface area contributed by atoms with E-state index >= 15 is 0 Å². The molecule has 0 saturated carbocycles. The van der Waals surface area contributed by atoms with E-state index in [4.69, 9.17) is 11.0 Å². The molecule has 2 N–H and O–H groups in total. The van der Waals surface area contributed by atoms with Crippen molar-refractivity contribution in [3.05, 3.63) is 48.3 Å². The summed E-state index contributed by atoms with van der Waals surface area (Å²) < 4.78 is 1.93. The second kappa shape index (κ2) is 5.40. The summed E-state index contributed by atoms with van der Waals surface area (Å²) in [5.41, 5.74) is 8.20. The highest BCUT2D eigenvalue weighted by Gasteiger charge is 2.16. The van der Waals surface area contributed by atoms with Crippen molar-refractivity contribution >= 4 is 5.82 Å². The maximum atomic E-state index is 9.17. The van der Waals surface area contributed by atoms with E-state index in [-0.39, 0.29) is 0 Å². The highest BCUT2D eigenvalue weighted by molar-refractivity contribution is 5.76.